The fourth-order valence-electron chi connectivity index (χ4n) is 6.80. The van der Waals surface area contributed by atoms with Crippen LogP contribution in [0.1, 0.15) is 31.2 Å². The van der Waals surface area contributed by atoms with Crippen LogP contribution in [0.2, 0.25) is 0 Å². The molecule has 0 radical (unpaired) electrons. The number of methoxy groups -OCH3 is 1. The van der Waals surface area contributed by atoms with Crippen molar-refractivity contribution in [2.45, 2.75) is 36.9 Å². The number of hydrogen-bond acceptors (Lipinski definition) is 2. The zero-order chi connectivity index (χ0) is 21.3. The molecule has 2 fully saturated rings. The molecule has 1 aliphatic carbocycles. The lowest BCUT2D eigenvalue weighted by atomic mass is 9.73. The van der Waals surface area contributed by atoms with E-state index in [0.717, 1.165) is 32.3 Å². The molecule has 32 heavy (non-hydrogen) atoms. The van der Waals surface area contributed by atoms with Crippen LogP contribution < -0.4 is 0 Å². The first kappa shape index (κ1) is 18.6. The minimum absolute atomic E-state index is 0.0145. The van der Waals surface area contributed by atoms with Gasteiger partial charge >= 0.3 is 0 Å². The van der Waals surface area contributed by atoms with Crippen LogP contribution in [0.15, 0.2) is 78.9 Å². The minimum atomic E-state index is -0.446. The Labute approximate surface area is 188 Å². The lowest BCUT2D eigenvalue weighted by Gasteiger charge is -2.38. The third-order valence-corrected chi connectivity index (χ3v) is 8.29. The smallest absolute Gasteiger partial charge is 0.177 e. The van der Waals surface area contributed by atoms with Crippen molar-refractivity contribution >= 4 is 32.3 Å². The summed E-state index contributed by atoms with van der Waals surface area (Å²) < 4.78 is 12.2. The number of fused-ring (bicyclic) bond motifs is 1. The van der Waals surface area contributed by atoms with Crippen molar-refractivity contribution in [3.05, 3.63) is 84.4 Å². The van der Waals surface area contributed by atoms with Crippen LogP contribution in [0.3, 0.4) is 0 Å². The van der Waals surface area contributed by atoms with E-state index >= 15 is 0 Å². The Morgan fingerprint density at radius 1 is 0.750 bits per heavy atom. The molecule has 2 unspecified atom stereocenters. The van der Waals surface area contributed by atoms with Gasteiger partial charge in [0.05, 0.1) is 12.0 Å². The zero-order valence-corrected chi connectivity index (χ0v) is 18.4. The molecule has 2 heteroatoms. The van der Waals surface area contributed by atoms with Gasteiger partial charge in [-0.2, -0.15) is 0 Å². The summed E-state index contributed by atoms with van der Waals surface area (Å²) in [6, 6.07) is 29.4. The maximum Gasteiger partial charge on any atom is 0.177 e. The molecule has 5 aromatic rings. The first-order valence-electron chi connectivity index (χ1n) is 11.7. The molecule has 2 atom stereocenters. The summed E-state index contributed by atoms with van der Waals surface area (Å²) in [5.74, 6) is -0.446. The van der Waals surface area contributed by atoms with E-state index in [0.29, 0.717) is 0 Å². The predicted molar refractivity (Wildman–Crippen MR) is 131 cm³/mol. The van der Waals surface area contributed by atoms with E-state index < -0.39 is 5.79 Å². The zero-order valence-electron chi connectivity index (χ0n) is 18.4. The highest BCUT2D eigenvalue weighted by Gasteiger charge is 2.60. The highest BCUT2D eigenvalue weighted by Crippen LogP contribution is 2.57. The van der Waals surface area contributed by atoms with E-state index in [-0.39, 0.29) is 5.41 Å². The van der Waals surface area contributed by atoms with E-state index in [9.17, 15) is 0 Å². The summed E-state index contributed by atoms with van der Waals surface area (Å²) in [5, 5.41) is 8.00. The molecule has 2 nitrogen and oxygen atoms in total. The van der Waals surface area contributed by atoms with Gasteiger partial charge in [-0.15, -0.1) is 0 Å². The highest BCUT2D eigenvalue weighted by atomic mass is 16.7. The second-order valence-electron chi connectivity index (χ2n) is 9.54. The molecule has 0 amide bonds. The fourth-order valence-corrected chi connectivity index (χ4v) is 6.80. The summed E-state index contributed by atoms with van der Waals surface area (Å²) in [5.41, 5.74) is 3.91. The summed E-state index contributed by atoms with van der Waals surface area (Å²) in [6.07, 6.45) is 4.32. The van der Waals surface area contributed by atoms with Gasteiger partial charge in [-0.25, -0.2) is 0 Å². The van der Waals surface area contributed by atoms with Gasteiger partial charge in [0.2, 0.25) is 0 Å². The molecule has 7 rings (SSSR count). The third-order valence-electron chi connectivity index (χ3n) is 8.29. The molecule has 158 valence electrons. The van der Waals surface area contributed by atoms with Gasteiger partial charge in [0.25, 0.3) is 0 Å². The Balaban J connectivity index is 1.42. The van der Waals surface area contributed by atoms with Crippen molar-refractivity contribution in [2.75, 3.05) is 13.7 Å². The Morgan fingerprint density at radius 3 is 2.31 bits per heavy atom. The van der Waals surface area contributed by atoms with Crippen molar-refractivity contribution in [3.8, 4) is 11.1 Å². The topological polar surface area (TPSA) is 18.5 Å². The van der Waals surface area contributed by atoms with Crippen LogP contribution >= 0.6 is 0 Å². The summed E-state index contributed by atoms with van der Waals surface area (Å²) in [7, 11) is 1.81. The quantitative estimate of drug-likeness (QED) is 0.284. The van der Waals surface area contributed by atoms with Crippen LogP contribution in [-0.2, 0) is 14.9 Å². The van der Waals surface area contributed by atoms with Crippen molar-refractivity contribution in [3.63, 3.8) is 0 Å². The van der Waals surface area contributed by atoms with Crippen LogP contribution in [0, 0.1) is 0 Å². The van der Waals surface area contributed by atoms with Gasteiger partial charge in [0, 0.05) is 13.5 Å². The molecule has 1 aliphatic heterocycles. The molecule has 1 heterocycles. The molecule has 0 N–H and O–H groups in total. The van der Waals surface area contributed by atoms with Crippen molar-refractivity contribution in [1.29, 1.82) is 0 Å². The molecular weight excluding hydrogens is 392 g/mol. The molecule has 0 bridgehead atoms. The average Bonchev–Trinajstić information content (AvgIpc) is 3.39. The largest absolute Gasteiger partial charge is 0.352 e. The molecule has 1 saturated heterocycles. The molecule has 2 aliphatic rings. The third kappa shape index (κ3) is 2.27. The predicted octanol–water partition coefficient (Wildman–Crippen LogP) is 7.44. The van der Waals surface area contributed by atoms with Gasteiger partial charge in [-0.3, -0.25) is 0 Å². The lowest BCUT2D eigenvalue weighted by Crippen LogP contribution is -2.45. The molecular formula is C30H26O2. The van der Waals surface area contributed by atoms with E-state index in [4.69, 9.17) is 9.47 Å². The highest BCUT2D eigenvalue weighted by molar-refractivity contribution is 6.26. The van der Waals surface area contributed by atoms with Crippen LogP contribution in [0.5, 0.6) is 0 Å². The number of rotatable bonds is 3. The van der Waals surface area contributed by atoms with E-state index in [2.05, 4.69) is 78.9 Å². The van der Waals surface area contributed by atoms with Gasteiger partial charge in [0.1, 0.15) is 0 Å². The fraction of sp³-hybridized carbons (Fsp3) is 0.267. The van der Waals surface area contributed by atoms with Crippen LogP contribution in [-0.4, -0.2) is 19.5 Å². The Morgan fingerprint density at radius 2 is 1.50 bits per heavy atom. The monoisotopic (exact) mass is 418 g/mol. The second kappa shape index (κ2) is 6.54. The Kier molecular flexibility index (Phi) is 3.80. The number of ether oxygens (including phenoxy) is 2. The van der Waals surface area contributed by atoms with Crippen LogP contribution in [0.4, 0.5) is 0 Å². The normalized spacial score (nSPS) is 25.3. The van der Waals surface area contributed by atoms with E-state index in [1.54, 1.807) is 0 Å². The molecule has 0 spiro atoms. The summed E-state index contributed by atoms with van der Waals surface area (Å²) >= 11 is 0. The van der Waals surface area contributed by atoms with Crippen molar-refractivity contribution in [1.82, 2.24) is 0 Å². The van der Waals surface area contributed by atoms with E-state index in [1.165, 1.54) is 49.0 Å². The summed E-state index contributed by atoms with van der Waals surface area (Å²) in [6.45, 7) is 0.781. The van der Waals surface area contributed by atoms with Gasteiger partial charge < -0.3 is 9.47 Å². The average molecular weight is 419 g/mol. The maximum atomic E-state index is 6.19. The molecule has 5 aromatic carbocycles. The van der Waals surface area contributed by atoms with Gasteiger partial charge in [0.15, 0.2) is 5.79 Å². The lowest BCUT2D eigenvalue weighted by molar-refractivity contribution is -0.213. The number of hydrogen-bond donors (Lipinski definition) is 0. The first-order valence-corrected chi connectivity index (χ1v) is 11.7. The molecule has 1 saturated carbocycles. The van der Waals surface area contributed by atoms with Crippen LogP contribution in [0.25, 0.3) is 43.4 Å². The minimum Gasteiger partial charge on any atom is -0.352 e. The Bertz CT molecular complexity index is 1450. The van der Waals surface area contributed by atoms with Gasteiger partial charge in [-0.1, -0.05) is 72.8 Å². The van der Waals surface area contributed by atoms with Crippen molar-refractivity contribution in [2.24, 2.45) is 0 Å². The number of benzene rings is 5. The molecule has 0 aromatic heterocycles. The standard InChI is InChI=1S/C30H26O2/c1-31-30-16-4-15-29(30,17-18-32-30)24-13-11-20(12-14-24)26-19-23-7-2-5-21-9-10-22-6-3-8-25(26)28(22)27(21)23/h2-3,5-14,19H,4,15-18H2,1H3. The van der Waals surface area contributed by atoms with Crippen molar-refractivity contribution < 1.29 is 9.47 Å². The van der Waals surface area contributed by atoms with Gasteiger partial charge in [-0.05, 0) is 74.3 Å². The maximum absolute atomic E-state index is 6.19. The first-order chi connectivity index (χ1) is 15.7. The van der Waals surface area contributed by atoms with E-state index in [1.807, 2.05) is 7.11 Å². The second-order valence-corrected chi connectivity index (χ2v) is 9.54. The SMILES string of the molecule is COC12CCCC1(c1ccc(-c3cc4cccc5ccc6cccc3c6c54)cc1)CCO2. The summed E-state index contributed by atoms with van der Waals surface area (Å²) in [4.78, 5) is 0. The Hall–Kier alpha value is -2.94.